The Balaban J connectivity index is 2.09. The van der Waals surface area contributed by atoms with E-state index in [-0.39, 0.29) is 40.8 Å². The number of hydrogen-bond donors (Lipinski definition) is 2. The molecule has 0 fully saturated rings. The van der Waals surface area contributed by atoms with Crippen LogP contribution in [0.1, 0.15) is 28.4 Å². The molecule has 0 spiro atoms. The van der Waals surface area contributed by atoms with E-state index >= 15 is 0 Å². The maximum absolute atomic E-state index is 12.5. The number of carbonyl (C=O) groups excluding carboxylic acids is 1. The third-order valence-electron chi connectivity index (χ3n) is 4.10. The molecule has 0 saturated heterocycles. The summed E-state index contributed by atoms with van der Waals surface area (Å²) in [4.78, 5) is 12.5. The Labute approximate surface area is 144 Å². The summed E-state index contributed by atoms with van der Waals surface area (Å²) in [6, 6.07) is 6.23. The highest BCUT2D eigenvalue weighted by Crippen LogP contribution is 2.50. The number of phenolic OH excluding ortho intramolecular Hbond substituents is 2. The van der Waals surface area contributed by atoms with Gasteiger partial charge in [-0.05, 0) is 12.1 Å². The van der Waals surface area contributed by atoms with Crippen LogP contribution in [0.4, 0.5) is 0 Å². The first-order valence-corrected chi connectivity index (χ1v) is 7.54. The van der Waals surface area contributed by atoms with Gasteiger partial charge in [-0.25, -0.2) is 0 Å². The van der Waals surface area contributed by atoms with E-state index in [1.165, 1.54) is 14.2 Å². The van der Waals surface area contributed by atoms with E-state index in [0.717, 1.165) is 6.07 Å². The molecule has 1 aliphatic rings. The maximum Gasteiger partial charge on any atom is 0.204 e. The van der Waals surface area contributed by atoms with Crippen molar-refractivity contribution in [2.45, 2.75) is 12.5 Å². The van der Waals surface area contributed by atoms with Crippen molar-refractivity contribution < 1.29 is 34.0 Å². The second kappa shape index (κ2) is 6.43. The van der Waals surface area contributed by atoms with Crippen LogP contribution in [-0.4, -0.2) is 37.3 Å². The molecule has 2 aromatic carbocycles. The van der Waals surface area contributed by atoms with Crippen molar-refractivity contribution >= 4 is 5.78 Å². The Kier molecular flexibility index (Phi) is 4.31. The molecule has 7 heteroatoms. The zero-order valence-corrected chi connectivity index (χ0v) is 14.0. The van der Waals surface area contributed by atoms with Crippen molar-refractivity contribution in [1.29, 1.82) is 0 Å². The molecular weight excluding hydrogens is 328 g/mol. The van der Waals surface area contributed by atoms with Gasteiger partial charge in [-0.1, -0.05) is 0 Å². The summed E-state index contributed by atoms with van der Waals surface area (Å²) >= 11 is 0. The number of hydrogen-bond acceptors (Lipinski definition) is 7. The highest BCUT2D eigenvalue weighted by molar-refractivity contribution is 6.03. The number of methoxy groups -OCH3 is 3. The summed E-state index contributed by atoms with van der Waals surface area (Å²) in [6.45, 7) is 0. The average molecular weight is 346 g/mol. The normalized spacial score (nSPS) is 16.0. The monoisotopic (exact) mass is 346 g/mol. The molecule has 25 heavy (non-hydrogen) atoms. The summed E-state index contributed by atoms with van der Waals surface area (Å²) in [5.41, 5.74) is 0.644. The van der Waals surface area contributed by atoms with Crippen LogP contribution in [-0.2, 0) is 0 Å². The second-order valence-corrected chi connectivity index (χ2v) is 5.49. The van der Waals surface area contributed by atoms with Gasteiger partial charge in [0.2, 0.25) is 5.75 Å². The second-order valence-electron chi connectivity index (χ2n) is 5.49. The predicted molar refractivity (Wildman–Crippen MR) is 88.2 cm³/mol. The van der Waals surface area contributed by atoms with Gasteiger partial charge < -0.3 is 29.2 Å². The Bertz CT molecular complexity index is 829. The van der Waals surface area contributed by atoms with Crippen LogP contribution in [0.3, 0.4) is 0 Å². The van der Waals surface area contributed by atoms with E-state index in [1.807, 2.05) is 0 Å². The first kappa shape index (κ1) is 16.8. The number of fused-ring (bicyclic) bond motifs is 1. The molecule has 0 aromatic heterocycles. The summed E-state index contributed by atoms with van der Waals surface area (Å²) in [5.74, 6) is 0.143. The zero-order chi connectivity index (χ0) is 18.1. The first-order valence-electron chi connectivity index (χ1n) is 7.54. The molecule has 0 aliphatic carbocycles. The minimum atomic E-state index is -0.657. The average Bonchev–Trinajstić information content (AvgIpc) is 2.60. The number of Topliss-reactive ketones (excluding diaryl/α,β-unsaturated/α-hetero) is 1. The van der Waals surface area contributed by atoms with Gasteiger partial charge >= 0.3 is 0 Å². The number of aromatic hydroxyl groups is 2. The van der Waals surface area contributed by atoms with Gasteiger partial charge in [0.25, 0.3) is 0 Å². The number of ketones is 1. The Hall–Kier alpha value is -3.09. The van der Waals surface area contributed by atoms with Crippen molar-refractivity contribution in [2.75, 3.05) is 21.3 Å². The molecule has 1 aliphatic heterocycles. The third kappa shape index (κ3) is 2.77. The van der Waals surface area contributed by atoms with Crippen LogP contribution in [0, 0.1) is 0 Å². The van der Waals surface area contributed by atoms with Crippen molar-refractivity contribution in [2.24, 2.45) is 0 Å². The molecule has 3 rings (SSSR count). The van der Waals surface area contributed by atoms with Gasteiger partial charge in [0.1, 0.15) is 28.9 Å². The Morgan fingerprint density at radius 1 is 1.04 bits per heavy atom. The van der Waals surface area contributed by atoms with Gasteiger partial charge in [-0.3, -0.25) is 4.79 Å². The standard InChI is InChI=1S/C18H18O7/c1-22-9-4-5-10(14(6-9)23-2)15-8-12(20)16-11(19)7-13(21)17(24-3)18(16)25-15/h4-7,15,19,21H,8H2,1-3H3. The molecule has 0 saturated carbocycles. The molecule has 1 atom stereocenters. The lowest BCUT2D eigenvalue weighted by Gasteiger charge is -2.28. The van der Waals surface area contributed by atoms with E-state index in [0.29, 0.717) is 17.1 Å². The quantitative estimate of drug-likeness (QED) is 0.879. The van der Waals surface area contributed by atoms with Crippen LogP contribution < -0.4 is 18.9 Å². The lowest BCUT2D eigenvalue weighted by molar-refractivity contribution is 0.0833. The Morgan fingerprint density at radius 2 is 1.80 bits per heavy atom. The van der Waals surface area contributed by atoms with E-state index in [2.05, 4.69) is 0 Å². The minimum absolute atomic E-state index is 0.00150. The van der Waals surface area contributed by atoms with Gasteiger partial charge in [-0.15, -0.1) is 0 Å². The maximum atomic E-state index is 12.5. The number of rotatable bonds is 4. The van der Waals surface area contributed by atoms with Crippen molar-refractivity contribution in [3.05, 3.63) is 35.4 Å². The molecule has 2 aromatic rings. The minimum Gasteiger partial charge on any atom is -0.507 e. The van der Waals surface area contributed by atoms with E-state index in [1.54, 1.807) is 25.3 Å². The first-order chi connectivity index (χ1) is 12.0. The summed E-state index contributed by atoms with van der Waals surface area (Å²) in [6.07, 6.45) is -0.645. The lowest BCUT2D eigenvalue weighted by atomic mass is 9.94. The molecule has 0 radical (unpaired) electrons. The molecule has 132 valence electrons. The zero-order valence-electron chi connectivity index (χ0n) is 14.0. The molecule has 1 heterocycles. The SMILES string of the molecule is COc1ccc(C2CC(=O)c3c(O)cc(O)c(OC)c3O2)c(OC)c1. The van der Waals surface area contributed by atoms with Gasteiger partial charge in [0, 0.05) is 17.7 Å². The van der Waals surface area contributed by atoms with Gasteiger partial charge in [0.05, 0.1) is 27.8 Å². The third-order valence-corrected chi connectivity index (χ3v) is 4.10. The number of benzene rings is 2. The van der Waals surface area contributed by atoms with Crippen LogP contribution in [0.2, 0.25) is 0 Å². The fourth-order valence-electron chi connectivity index (χ4n) is 2.90. The number of ether oxygens (including phenoxy) is 4. The highest BCUT2D eigenvalue weighted by Gasteiger charge is 2.35. The molecule has 1 unspecified atom stereocenters. The van der Waals surface area contributed by atoms with Crippen LogP contribution in [0.25, 0.3) is 0 Å². The molecule has 0 amide bonds. The largest absolute Gasteiger partial charge is 0.507 e. The summed E-state index contributed by atoms with van der Waals surface area (Å²) in [5, 5.41) is 19.9. The fraction of sp³-hybridized carbons (Fsp3) is 0.278. The number of phenols is 2. The number of carbonyl (C=O) groups is 1. The van der Waals surface area contributed by atoms with Crippen molar-refractivity contribution in [3.8, 4) is 34.5 Å². The van der Waals surface area contributed by atoms with Crippen LogP contribution in [0.5, 0.6) is 34.5 Å². The van der Waals surface area contributed by atoms with E-state index < -0.39 is 6.10 Å². The van der Waals surface area contributed by atoms with Gasteiger partial charge in [0.15, 0.2) is 17.3 Å². The van der Waals surface area contributed by atoms with E-state index in [4.69, 9.17) is 18.9 Å². The summed E-state index contributed by atoms with van der Waals surface area (Å²) < 4.78 is 21.6. The molecular formula is C18H18O7. The molecule has 0 bridgehead atoms. The van der Waals surface area contributed by atoms with E-state index in [9.17, 15) is 15.0 Å². The Morgan fingerprint density at radius 3 is 2.44 bits per heavy atom. The smallest absolute Gasteiger partial charge is 0.204 e. The fourth-order valence-corrected chi connectivity index (χ4v) is 2.90. The summed E-state index contributed by atoms with van der Waals surface area (Å²) in [7, 11) is 4.40. The predicted octanol–water partition coefficient (Wildman–Crippen LogP) is 2.83. The van der Waals surface area contributed by atoms with Crippen molar-refractivity contribution in [1.82, 2.24) is 0 Å². The van der Waals surface area contributed by atoms with Crippen LogP contribution in [0.15, 0.2) is 24.3 Å². The molecule has 7 nitrogen and oxygen atoms in total. The van der Waals surface area contributed by atoms with Crippen molar-refractivity contribution in [3.63, 3.8) is 0 Å². The van der Waals surface area contributed by atoms with Gasteiger partial charge in [-0.2, -0.15) is 0 Å². The lowest BCUT2D eigenvalue weighted by Crippen LogP contribution is -2.21. The van der Waals surface area contributed by atoms with Crippen LogP contribution >= 0.6 is 0 Å². The topological polar surface area (TPSA) is 94.5 Å². The molecule has 2 N–H and O–H groups in total. The highest BCUT2D eigenvalue weighted by atomic mass is 16.5.